The van der Waals surface area contributed by atoms with Crippen molar-refractivity contribution >= 4 is 28.0 Å². The molecule has 15 heavy (non-hydrogen) atoms. The van der Waals surface area contributed by atoms with E-state index in [0.717, 1.165) is 0 Å². The van der Waals surface area contributed by atoms with Gasteiger partial charge in [-0.25, -0.2) is 4.39 Å². The lowest BCUT2D eigenvalue weighted by molar-refractivity contribution is 0.101. The fourth-order valence-corrected chi connectivity index (χ4v) is 1.46. The first-order valence-electron chi connectivity index (χ1n) is 4.06. The van der Waals surface area contributed by atoms with Gasteiger partial charge in [-0.15, -0.1) is 0 Å². The number of methoxy groups -OCH3 is 1. The predicted octanol–water partition coefficient (Wildman–Crippen LogP) is 2.22. The molecule has 0 unspecified atom stereocenters. The zero-order chi connectivity index (χ0) is 11.4. The Kier molecular flexibility index (Phi) is 3.96. The summed E-state index contributed by atoms with van der Waals surface area (Å²) in [6, 6.07) is 2.69. The predicted molar refractivity (Wildman–Crippen MR) is 56.5 cm³/mol. The molecule has 0 bridgehead atoms. The molecule has 0 radical (unpaired) electrons. The van der Waals surface area contributed by atoms with Crippen LogP contribution in [0.1, 0.15) is 20.7 Å². The summed E-state index contributed by atoms with van der Waals surface area (Å²) in [7, 11) is 1.29. The van der Waals surface area contributed by atoms with Crippen molar-refractivity contribution in [3.63, 3.8) is 0 Å². The highest BCUT2D eigenvalue weighted by Crippen LogP contribution is 2.23. The van der Waals surface area contributed by atoms with Crippen molar-refractivity contribution in [1.29, 1.82) is 0 Å². The van der Waals surface area contributed by atoms with Crippen LogP contribution in [-0.4, -0.2) is 24.5 Å². The average molecular weight is 275 g/mol. The monoisotopic (exact) mass is 274 g/mol. The number of ketones is 1. The molecule has 80 valence electrons. The van der Waals surface area contributed by atoms with Crippen LogP contribution in [0.5, 0.6) is 5.75 Å². The van der Waals surface area contributed by atoms with Crippen molar-refractivity contribution in [1.82, 2.24) is 0 Å². The van der Waals surface area contributed by atoms with E-state index in [0.29, 0.717) is 6.29 Å². The van der Waals surface area contributed by atoms with Crippen LogP contribution in [0.4, 0.5) is 4.39 Å². The molecule has 0 atom stereocenters. The van der Waals surface area contributed by atoms with Crippen molar-refractivity contribution in [2.45, 2.75) is 0 Å². The van der Waals surface area contributed by atoms with Crippen LogP contribution in [0.15, 0.2) is 12.1 Å². The van der Waals surface area contributed by atoms with Crippen molar-refractivity contribution in [2.75, 3.05) is 12.4 Å². The fraction of sp³-hybridized carbons (Fsp3) is 0.200. The van der Waals surface area contributed by atoms with Gasteiger partial charge in [0.1, 0.15) is 0 Å². The number of alkyl halides is 1. The second kappa shape index (κ2) is 5.02. The number of hydrogen-bond acceptors (Lipinski definition) is 3. The Morgan fingerprint density at radius 1 is 1.60 bits per heavy atom. The van der Waals surface area contributed by atoms with Crippen molar-refractivity contribution in [3.8, 4) is 5.75 Å². The molecule has 0 fully saturated rings. The van der Waals surface area contributed by atoms with Gasteiger partial charge in [-0.2, -0.15) is 0 Å². The molecule has 1 aromatic carbocycles. The third kappa shape index (κ3) is 2.23. The Morgan fingerprint density at radius 3 is 2.73 bits per heavy atom. The highest BCUT2D eigenvalue weighted by Gasteiger charge is 2.17. The van der Waals surface area contributed by atoms with Crippen LogP contribution in [0.3, 0.4) is 0 Å². The van der Waals surface area contributed by atoms with E-state index in [9.17, 15) is 14.0 Å². The Labute approximate surface area is 94.4 Å². The van der Waals surface area contributed by atoms with Crippen LogP contribution in [0, 0.1) is 5.82 Å². The van der Waals surface area contributed by atoms with E-state index in [2.05, 4.69) is 15.9 Å². The maximum absolute atomic E-state index is 13.5. The summed E-state index contributed by atoms with van der Waals surface area (Å²) >= 11 is 2.96. The van der Waals surface area contributed by atoms with Crippen LogP contribution in [0.25, 0.3) is 0 Å². The maximum Gasteiger partial charge on any atom is 0.176 e. The molecule has 1 rings (SSSR count). The quantitative estimate of drug-likeness (QED) is 0.480. The number of carbonyl (C=O) groups is 2. The smallest absolute Gasteiger partial charge is 0.176 e. The van der Waals surface area contributed by atoms with Crippen LogP contribution < -0.4 is 4.74 Å². The van der Waals surface area contributed by atoms with Gasteiger partial charge in [0.15, 0.2) is 23.6 Å². The molecule has 3 nitrogen and oxygen atoms in total. The Bertz CT molecular complexity index is 404. The zero-order valence-corrected chi connectivity index (χ0v) is 9.51. The Morgan fingerprint density at radius 2 is 2.27 bits per heavy atom. The lowest BCUT2D eigenvalue weighted by Gasteiger charge is -2.07. The van der Waals surface area contributed by atoms with E-state index in [-0.39, 0.29) is 28.0 Å². The summed E-state index contributed by atoms with van der Waals surface area (Å²) in [5, 5.41) is 0.0413. The summed E-state index contributed by atoms with van der Waals surface area (Å²) < 4.78 is 18.2. The molecule has 0 amide bonds. The van der Waals surface area contributed by atoms with Gasteiger partial charge in [-0.1, -0.05) is 15.9 Å². The minimum absolute atomic E-state index is 0.0413. The van der Waals surface area contributed by atoms with Crippen molar-refractivity contribution < 1.29 is 18.7 Å². The molecule has 0 saturated heterocycles. The topological polar surface area (TPSA) is 43.4 Å². The summed E-state index contributed by atoms with van der Waals surface area (Å²) in [4.78, 5) is 22.0. The van der Waals surface area contributed by atoms with E-state index < -0.39 is 5.82 Å². The van der Waals surface area contributed by atoms with Crippen molar-refractivity contribution in [3.05, 3.63) is 29.1 Å². The standard InChI is InChI=1S/C10H8BrFO3/c1-15-9-3-2-6(8(14)4-11)7(5-13)10(9)12/h2-3,5H,4H2,1H3. The minimum Gasteiger partial charge on any atom is -0.494 e. The number of rotatable bonds is 4. The van der Waals surface area contributed by atoms with E-state index in [1.54, 1.807) is 0 Å². The van der Waals surface area contributed by atoms with E-state index in [4.69, 9.17) is 4.74 Å². The summed E-state index contributed by atoms with van der Waals surface area (Å²) in [6.45, 7) is 0. The highest BCUT2D eigenvalue weighted by atomic mass is 79.9. The lowest BCUT2D eigenvalue weighted by atomic mass is 10.0. The number of benzene rings is 1. The van der Waals surface area contributed by atoms with Gasteiger partial charge in [0.25, 0.3) is 0 Å². The number of Topliss-reactive ketones (excluding diaryl/α,β-unsaturated/α-hetero) is 1. The number of carbonyl (C=O) groups excluding carboxylic acids is 2. The summed E-state index contributed by atoms with van der Waals surface area (Å²) in [5.74, 6) is -1.21. The minimum atomic E-state index is -0.806. The number of hydrogen-bond donors (Lipinski definition) is 0. The Balaban J connectivity index is 3.37. The molecule has 0 saturated carbocycles. The fourth-order valence-electron chi connectivity index (χ4n) is 1.16. The van der Waals surface area contributed by atoms with Crippen LogP contribution in [-0.2, 0) is 0 Å². The first-order chi connectivity index (χ1) is 7.15. The van der Waals surface area contributed by atoms with Crippen LogP contribution >= 0.6 is 15.9 Å². The molecule has 5 heteroatoms. The first kappa shape index (κ1) is 11.8. The normalized spacial score (nSPS) is 9.80. The van der Waals surface area contributed by atoms with Crippen LogP contribution in [0.2, 0.25) is 0 Å². The second-order valence-electron chi connectivity index (χ2n) is 2.72. The van der Waals surface area contributed by atoms with E-state index in [1.165, 1.54) is 19.2 Å². The molecular formula is C10H8BrFO3. The molecule has 0 aliphatic carbocycles. The third-order valence-corrected chi connectivity index (χ3v) is 2.41. The molecule has 0 N–H and O–H groups in total. The molecule has 0 aliphatic heterocycles. The van der Waals surface area contributed by atoms with Crippen molar-refractivity contribution in [2.24, 2.45) is 0 Å². The largest absolute Gasteiger partial charge is 0.494 e. The van der Waals surface area contributed by atoms with Gasteiger partial charge in [0, 0.05) is 5.56 Å². The number of ether oxygens (including phenoxy) is 1. The third-order valence-electron chi connectivity index (χ3n) is 1.90. The highest BCUT2D eigenvalue weighted by molar-refractivity contribution is 9.09. The number of halogens is 2. The van der Waals surface area contributed by atoms with E-state index in [1.807, 2.05) is 0 Å². The van der Waals surface area contributed by atoms with Gasteiger partial charge >= 0.3 is 0 Å². The van der Waals surface area contributed by atoms with E-state index >= 15 is 0 Å². The van der Waals surface area contributed by atoms with Gasteiger partial charge in [0.05, 0.1) is 18.0 Å². The SMILES string of the molecule is COc1ccc(C(=O)CBr)c(C=O)c1F. The maximum atomic E-state index is 13.5. The van der Waals surface area contributed by atoms with Gasteiger partial charge in [-0.05, 0) is 12.1 Å². The first-order valence-corrected chi connectivity index (χ1v) is 5.18. The molecule has 0 spiro atoms. The zero-order valence-electron chi connectivity index (χ0n) is 7.92. The van der Waals surface area contributed by atoms with Gasteiger partial charge in [0.2, 0.25) is 0 Å². The second-order valence-corrected chi connectivity index (χ2v) is 3.28. The average Bonchev–Trinajstić information content (AvgIpc) is 2.27. The summed E-state index contributed by atoms with van der Waals surface area (Å²) in [5.41, 5.74) is -0.209. The molecular weight excluding hydrogens is 267 g/mol. The molecule has 0 aliphatic rings. The molecule has 0 aromatic heterocycles. The Hall–Kier alpha value is -1.23. The number of aldehydes is 1. The van der Waals surface area contributed by atoms with Gasteiger partial charge < -0.3 is 4.74 Å². The molecule has 0 heterocycles. The summed E-state index contributed by atoms with van der Waals surface area (Å²) in [6.07, 6.45) is 0.313. The molecule has 1 aromatic rings. The lowest BCUT2D eigenvalue weighted by Crippen LogP contribution is -2.07. The van der Waals surface area contributed by atoms with Gasteiger partial charge in [-0.3, -0.25) is 9.59 Å².